The third kappa shape index (κ3) is 4.63. The molecule has 0 spiro atoms. The van der Waals surface area contributed by atoms with E-state index in [4.69, 9.17) is 11.6 Å². The molecule has 0 radical (unpaired) electrons. The molecule has 2 heterocycles. The van der Waals surface area contributed by atoms with Crippen molar-refractivity contribution in [2.45, 2.75) is 30.2 Å². The standard InChI is InChI=1S/C16H23ClN2O2S2/c17-14-2-1-3-16(10-14)23(20,21)18-11-13-4-7-19(8-5-13)15-6-9-22-12-15/h1-3,10,13,15,18H,4-9,11-12H2. The second-order valence-corrected chi connectivity index (χ2v) is 9.66. The highest BCUT2D eigenvalue weighted by atomic mass is 35.5. The summed E-state index contributed by atoms with van der Waals surface area (Å²) in [4.78, 5) is 2.83. The molecule has 0 saturated carbocycles. The molecule has 23 heavy (non-hydrogen) atoms. The molecule has 1 atom stereocenters. The number of benzene rings is 1. The fourth-order valence-corrected chi connectivity index (χ4v) is 5.95. The smallest absolute Gasteiger partial charge is 0.240 e. The van der Waals surface area contributed by atoms with E-state index < -0.39 is 10.0 Å². The lowest BCUT2D eigenvalue weighted by atomic mass is 9.96. The Labute approximate surface area is 148 Å². The predicted octanol–water partition coefficient (Wildman–Crippen LogP) is 2.84. The van der Waals surface area contributed by atoms with Crippen molar-refractivity contribution in [3.8, 4) is 0 Å². The molecule has 2 fully saturated rings. The fraction of sp³-hybridized carbons (Fsp3) is 0.625. The molecule has 2 aliphatic heterocycles. The molecule has 0 aliphatic carbocycles. The monoisotopic (exact) mass is 374 g/mol. The predicted molar refractivity (Wildman–Crippen MR) is 96.7 cm³/mol. The van der Waals surface area contributed by atoms with Crippen LogP contribution < -0.4 is 4.72 Å². The van der Waals surface area contributed by atoms with Gasteiger partial charge in [0.1, 0.15) is 0 Å². The molecule has 4 nitrogen and oxygen atoms in total. The van der Waals surface area contributed by atoms with E-state index in [-0.39, 0.29) is 4.90 Å². The van der Waals surface area contributed by atoms with E-state index in [1.54, 1.807) is 18.2 Å². The van der Waals surface area contributed by atoms with Crippen molar-refractivity contribution in [2.24, 2.45) is 5.92 Å². The molecule has 1 unspecified atom stereocenters. The Morgan fingerprint density at radius 2 is 2.04 bits per heavy atom. The SMILES string of the molecule is O=S(=O)(NCC1CCN(C2CCSC2)CC1)c1cccc(Cl)c1. The third-order valence-electron chi connectivity index (χ3n) is 4.74. The molecular weight excluding hydrogens is 352 g/mol. The molecule has 2 aliphatic rings. The van der Waals surface area contributed by atoms with Crippen LogP contribution in [0.5, 0.6) is 0 Å². The van der Waals surface area contributed by atoms with Crippen molar-refractivity contribution in [3.63, 3.8) is 0 Å². The second kappa shape index (κ2) is 7.74. The van der Waals surface area contributed by atoms with E-state index in [1.165, 1.54) is 24.0 Å². The van der Waals surface area contributed by atoms with Crippen LogP contribution in [0.25, 0.3) is 0 Å². The van der Waals surface area contributed by atoms with Crippen LogP contribution in [0.4, 0.5) is 0 Å². The van der Waals surface area contributed by atoms with Gasteiger partial charge in [0.25, 0.3) is 0 Å². The maximum Gasteiger partial charge on any atom is 0.240 e. The van der Waals surface area contributed by atoms with Crippen LogP contribution >= 0.6 is 23.4 Å². The first-order valence-electron chi connectivity index (χ1n) is 8.11. The Morgan fingerprint density at radius 3 is 2.70 bits per heavy atom. The van der Waals surface area contributed by atoms with E-state index in [0.717, 1.165) is 32.0 Å². The van der Waals surface area contributed by atoms with Crippen molar-refractivity contribution >= 4 is 33.4 Å². The largest absolute Gasteiger partial charge is 0.300 e. The minimum Gasteiger partial charge on any atom is -0.300 e. The van der Waals surface area contributed by atoms with Crippen molar-refractivity contribution in [3.05, 3.63) is 29.3 Å². The van der Waals surface area contributed by atoms with E-state index in [1.807, 2.05) is 11.8 Å². The minimum absolute atomic E-state index is 0.241. The van der Waals surface area contributed by atoms with Crippen molar-refractivity contribution in [2.75, 3.05) is 31.1 Å². The quantitative estimate of drug-likeness (QED) is 0.860. The minimum atomic E-state index is -3.46. The Balaban J connectivity index is 1.49. The van der Waals surface area contributed by atoms with Crippen LogP contribution in [0, 0.1) is 5.92 Å². The zero-order valence-corrected chi connectivity index (χ0v) is 15.5. The van der Waals surface area contributed by atoms with Gasteiger partial charge in [0.2, 0.25) is 10.0 Å². The highest BCUT2D eigenvalue weighted by molar-refractivity contribution is 7.99. The van der Waals surface area contributed by atoms with Gasteiger partial charge in [0.15, 0.2) is 0 Å². The molecule has 2 saturated heterocycles. The van der Waals surface area contributed by atoms with E-state index in [2.05, 4.69) is 9.62 Å². The molecule has 1 aromatic carbocycles. The molecule has 0 bridgehead atoms. The van der Waals surface area contributed by atoms with Crippen LogP contribution in [0.15, 0.2) is 29.2 Å². The van der Waals surface area contributed by atoms with Gasteiger partial charge >= 0.3 is 0 Å². The highest BCUT2D eigenvalue weighted by Gasteiger charge is 2.28. The summed E-state index contributed by atoms with van der Waals surface area (Å²) >= 11 is 7.92. The fourth-order valence-electron chi connectivity index (χ4n) is 3.28. The van der Waals surface area contributed by atoms with Gasteiger partial charge in [0, 0.05) is 23.4 Å². The summed E-state index contributed by atoms with van der Waals surface area (Å²) in [6.07, 6.45) is 3.44. The number of likely N-dealkylation sites (tertiary alicyclic amines) is 1. The zero-order valence-electron chi connectivity index (χ0n) is 13.1. The average molecular weight is 375 g/mol. The van der Waals surface area contributed by atoms with E-state index in [0.29, 0.717) is 17.5 Å². The van der Waals surface area contributed by atoms with Crippen LogP contribution in [0.1, 0.15) is 19.3 Å². The van der Waals surface area contributed by atoms with Crippen molar-refractivity contribution in [1.29, 1.82) is 0 Å². The Hall–Kier alpha value is -0.270. The Kier molecular flexibility index (Phi) is 5.91. The molecule has 128 valence electrons. The van der Waals surface area contributed by atoms with Crippen molar-refractivity contribution in [1.82, 2.24) is 9.62 Å². The summed E-state index contributed by atoms with van der Waals surface area (Å²) < 4.78 is 27.4. The molecule has 1 N–H and O–H groups in total. The van der Waals surface area contributed by atoms with E-state index >= 15 is 0 Å². The second-order valence-electron chi connectivity index (χ2n) is 6.31. The van der Waals surface area contributed by atoms with Gasteiger partial charge < -0.3 is 0 Å². The zero-order chi connectivity index (χ0) is 16.3. The maximum absolute atomic E-state index is 12.3. The lowest BCUT2D eigenvalue weighted by molar-refractivity contribution is 0.145. The first kappa shape index (κ1) is 17.5. The third-order valence-corrected chi connectivity index (χ3v) is 7.54. The first-order valence-corrected chi connectivity index (χ1v) is 11.1. The molecule has 1 aromatic rings. The summed E-state index contributed by atoms with van der Waals surface area (Å²) in [7, 11) is -3.46. The van der Waals surface area contributed by atoms with Gasteiger partial charge in [-0.15, -0.1) is 0 Å². The van der Waals surface area contributed by atoms with Gasteiger partial charge in [-0.2, -0.15) is 11.8 Å². The van der Waals surface area contributed by atoms with Crippen LogP contribution in [-0.2, 0) is 10.0 Å². The topological polar surface area (TPSA) is 49.4 Å². The molecule has 0 aromatic heterocycles. The van der Waals surface area contributed by atoms with Crippen LogP contribution in [-0.4, -0.2) is 50.5 Å². The number of hydrogen-bond acceptors (Lipinski definition) is 4. The normalized spacial score (nSPS) is 24.1. The summed E-state index contributed by atoms with van der Waals surface area (Å²) in [5.41, 5.74) is 0. The Morgan fingerprint density at radius 1 is 1.26 bits per heavy atom. The highest BCUT2D eigenvalue weighted by Crippen LogP contribution is 2.27. The Bertz CT molecular complexity index is 625. The van der Waals surface area contributed by atoms with Crippen molar-refractivity contribution < 1.29 is 8.42 Å². The summed E-state index contributed by atoms with van der Waals surface area (Å²) in [6.45, 7) is 2.70. The molecule has 3 rings (SSSR count). The first-order chi connectivity index (χ1) is 11.0. The maximum atomic E-state index is 12.3. The van der Waals surface area contributed by atoms with Gasteiger partial charge in [-0.1, -0.05) is 17.7 Å². The van der Waals surface area contributed by atoms with Crippen LogP contribution in [0.2, 0.25) is 5.02 Å². The van der Waals surface area contributed by atoms with Gasteiger partial charge in [-0.25, -0.2) is 13.1 Å². The summed E-state index contributed by atoms with van der Waals surface area (Å²) in [5.74, 6) is 2.96. The molecule has 0 amide bonds. The molecule has 7 heteroatoms. The number of thioether (sulfide) groups is 1. The molecular formula is C16H23ClN2O2S2. The average Bonchev–Trinajstić information content (AvgIpc) is 3.08. The number of piperidine rings is 1. The van der Waals surface area contributed by atoms with E-state index in [9.17, 15) is 8.42 Å². The van der Waals surface area contributed by atoms with Gasteiger partial charge in [-0.05, 0) is 62.2 Å². The number of halogens is 1. The van der Waals surface area contributed by atoms with Gasteiger partial charge in [-0.3, -0.25) is 4.90 Å². The number of sulfonamides is 1. The summed E-state index contributed by atoms with van der Waals surface area (Å²) in [5, 5.41) is 0.440. The number of nitrogens with one attached hydrogen (secondary N) is 1. The summed E-state index contributed by atoms with van der Waals surface area (Å²) in [6, 6.07) is 7.15. The lowest BCUT2D eigenvalue weighted by Crippen LogP contribution is -2.43. The van der Waals surface area contributed by atoms with Crippen LogP contribution in [0.3, 0.4) is 0 Å². The van der Waals surface area contributed by atoms with Gasteiger partial charge in [0.05, 0.1) is 4.90 Å². The lowest BCUT2D eigenvalue weighted by Gasteiger charge is -2.35. The number of hydrogen-bond donors (Lipinski definition) is 1. The number of rotatable bonds is 5. The number of nitrogens with zero attached hydrogens (tertiary/aromatic N) is 1.